The van der Waals surface area contributed by atoms with E-state index >= 15 is 0 Å². The van der Waals surface area contributed by atoms with E-state index < -0.39 is 0 Å². The third-order valence-corrected chi connectivity index (χ3v) is 4.14. The Morgan fingerprint density at radius 2 is 2.29 bits per heavy atom. The molecule has 0 spiro atoms. The molecule has 4 heteroatoms. The van der Waals surface area contributed by atoms with Gasteiger partial charge in [-0.3, -0.25) is 4.90 Å². The highest BCUT2D eigenvalue weighted by molar-refractivity contribution is 7.10. The lowest BCUT2D eigenvalue weighted by Gasteiger charge is -2.30. The maximum absolute atomic E-state index is 6.23. The molecule has 0 aliphatic rings. The van der Waals surface area contributed by atoms with Crippen LogP contribution in [-0.2, 0) is 4.74 Å². The third kappa shape index (κ3) is 4.76. The van der Waals surface area contributed by atoms with Crippen molar-refractivity contribution in [2.75, 3.05) is 26.8 Å². The zero-order valence-electron chi connectivity index (χ0n) is 11.1. The first kappa shape index (κ1) is 14.6. The van der Waals surface area contributed by atoms with Gasteiger partial charge in [-0.2, -0.15) is 0 Å². The van der Waals surface area contributed by atoms with Crippen LogP contribution in [0.25, 0.3) is 0 Å². The molecule has 2 atom stereocenters. The molecule has 0 bridgehead atoms. The van der Waals surface area contributed by atoms with Crippen molar-refractivity contribution >= 4 is 11.3 Å². The molecule has 0 saturated heterocycles. The van der Waals surface area contributed by atoms with Gasteiger partial charge < -0.3 is 10.5 Å². The zero-order valence-corrected chi connectivity index (χ0v) is 11.9. The Bertz CT molecular complexity index is 290. The molecule has 0 amide bonds. The van der Waals surface area contributed by atoms with Gasteiger partial charge in [0.2, 0.25) is 0 Å². The van der Waals surface area contributed by atoms with Gasteiger partial charge in [0.05, 0.1) is 12.6 Å². The normalized spacial score (nSPS) is 15.1. The van der Waals surface area contributed by atoms with E-state index in [2.05, 4.69) is 36.3 Å². The Labute approximate surface area is 109 Å². The van der Waals surface area contributed by atoms with Crippen molar-refractivity contribution in [1.82, 2.24) is 4.90 Å². The topological polar surface area (TPSA) is 38.5 Å². The molecule has 3 nitrogen and oxygen atoms in total. The molecular formula is C13H24N2OS. The van der Waals surface area contributed by atoms with Gasteiger partial charge in [0.15, 0.2) is 0 Å². The summed E-state index contributed by atoms with van der Waals surface area (Å²) in [5, 5.41) is 2.08. The minimum atomic E-state index is 0.112. The van der Waals surface area contributed by atoms with E-state index in [0.717, 1.165) is 26.1 Å². The number of methoxy groups -OCH3 is 1. The smallest absolute Gasteiger partial charge is 0.0589 e. The van der Waals surface area contributed by atoms with Crippen LogP contribution in [0.4, 0.5) is 0 Å². The van der Waals surface area contributed by atoms with E-state index in [1.807, 2.05) is 0 Å². The molecule has 1 aromatic heterocycles. The molecule has 0 fully saturated rings. The van der Waals surface area contributed by atoms with Gasteiger partial charge in [-0.25, -0.2) is 0 Å². The third-order valence-electron chi connectivity index (χ3n) is 3.14. The summed E-state index contributed by atoms with van der Waals surface area (Å²) in [7, 11) is 1.74. The number of hydrogen-bond donors (Lipinski definition) is 1. The number of hydrogen-bond acceptors (Lipinski definition) is 4. The summed E-state index contributed by atoms with van der Waals surface area (Å²) in [6.07, 6.45) is 1.14. The van der Waals surface area contributed by atoms with E-state index in [-0.39, 0.29) is 6.04 Å². The molecule has 0 saturated carbocycles. The van der Waals surface area contributed by atoms with Crippen molar-refractivity contribution in [3.63, 3.8) is 0 Å². The lowest BCUT2D eigenvalue weighted by molar-refractivity contribution is 0.118. The fourth-order valence-corrected chi connectivity index (χ4v) is 2.52. The molecule has 17 heavy (non-hydrogen) atoms. The Morgan fingerprint density at radius 3 is 2.82 bits per heavy atom. The van der Waals surface area contributed by atoms with Crippen molar-refractivity contribution in [2.24, 2.45) is 5.73 Å². The second-order valence-corrected chi connectivity index (χ2v) is 5.35. The average molecular weight is 256 g/mol. The van der Waals surface area contributed by atoms with E-state index in [0.29, 0.717) is 6.04 Å². The summed E-state index contributed by atoms with van der Waals surface area (Å²) in [6.45, 7) is 7.07. The van der Waals surface area contributed by atoms with Gasteiger partial charge in [-0.1, -0.05) is 13.0 Å². The SMILES string of the molecule is CCC(C)N(CCOC)CC(N)c1cccs1. The number of nitrogens with zero attached hydrogens (tertiary/aromatic N) is 1. The predicted octanol–water partition coefficient (Wildman–Crippen LogP) is 2.49. The summed E-state index contributed by atoms with van der Waals surface area (Å²) in [5.41, 5.74) is 6.23. The summed E-state index contributed by atoms with van der Waals surface area (Å²) >= 11 is 1.73. The standard InChI is InChI=1S/C13H24N2OS/c1-4-11(2)15(7-8-16-3)10-12(14)13-6-5-9-17-13/h5-6,9,11-12H,4,7-8,10,14H2,1-3H3. The molecule has 0 aromatic carbocycles. The molecule has 0 radical (unpaired) electrons. The van der Waals surface area contributed by atoms with Crippen LogP contribution in [-0.4, -0.2) is 37.7 Å². The maximum Gasteiger partial charge on any atom is 0.0589 e. The van der Waals surface area contributed by atoms with E-state index in [1.165, 1.54) is 4.88 Å². The van der Waals surface area contributed by atoms with Gasteiger partial charge in [0.25, 0.3) is 0 Å². The molecule has 1 rings (SSSR count). The summed E-state index contributed by atoms with van der Waals surface area (Å²) in [6, 6.07) is 4.83. The molecular weight excluding hydrogens is 232 g/mol. The lowest BCUT2D eigenvalue weighted by atomic mass is 10.1. The number of thiophene rings is 1. The molecule has 2 unspecified atom stereocenters. The fourth-order valence-electron chi connectivity index (χ4n) is 1.80. The van der Waals surface area contributed by atoms with Crippen LogP contribution >= 0.6 is 11.3 Å². The quantitative estimate of drug-likeness (QED) is 0.776. The lowest BCUT2D eigenvalue weighted by Crippen LogP contribution is -2.40. The van der Waals surface area contributed by atoms with Gasteiger partial charge >= 0.3 is 0 Å². The first-order valence-electron chi connectivity index (χ1n) is 6.21. The highest BCUT2D eigenvalue weighted by atomic mass is 32.1. The Kier molecular flexibility index (Phi) is 6.73. The monoisotopic (exact) mass is 256 g/mol. The first-order valence-corrected chi connectivity index (χ1v) is 7.09. The van der Waals surface area contributed by atoms with Crippen molar-refractivity contribution in [3.8, 4) is 0 Å². The maximum atomic E-state index is 6.23. The highest BCUT2D eigenvalue weighted by Gasteiger charge is 2.16. The van der Waals surface area contributed by atoms with Gasteiger partial charge in [-0.15, -0.1) is 11.3 Å². The minimum absolute atomic E-state index is 0.112. The van der Waals surface area contributed by atoms with E-state index in [4.69, 9.17) is 10.5 Å². The summed E-state index contributed by atoms with van der Waals surface area (Å²) < 4.78 is 5.16. The van der Waals surface area contributed by atoms with E-state index in [9.17, 15) is 0 Å². The van der Waals surface area contributed by atoms with E-state index in [1.54, 1.807) is 18.4 Å². The van der Waals surface area contributed by atoms with Gasteiger partial charge in [0.1, 0.15) is 0 Å². The first-order chi connectivity index (χ1) is 8.19. The Morgan fingerprint density at radius 1 is 1.53 bits per heavy atom. The van der Waals surface area contributed by atoms with Crippen LogP contribution in [0, 0.1) is 0 Å². The molecule has 1 heterocycles. The largest absolute Gasteiger partial charge is 0.383 e. The number of rotatable bonds is 8. The Balaban J connectivity index is 2.52. The molecule has 1 aromatic rings. The van der Waals surface area contributed by atoms with Gasteiger partial charge in [0, 0.05) is 31.1 Å². The minimum Gasteiger partial charge on any atom is -0.383 e. The zero-order chi connectivity index (χ0) is 12.7. The van der Waals surface area contributed by atoms with Crippen molar-refractivity contribution in [3.05, 3.63) is 22.4 Å². The van der Waals surface area contributed by atoms with Crippen molar-refractivity contribution in [1.29, 1.82) is 0 Å². The highest BCUT2D eigenvalue weighted by Crippen LogP contribution is 2.19. The summed E-state index contributed by atoms with van der Waals surface area (Å²) in [4.78, 5) is 3.67. The average Bonchev–Trinajstić information content (AvgIpc) is 2.87. The Hall–Kier alpha value is -0.420. The summed E-state index contributed by atoms with van der Waals surface area (Å²) in [5.74, 6) is 0. The predicted molar refractivity (Wildman–Crippen MR) is 74.4 cm³/mol. The number of nitrogens with two attached hydrogens (primary N) is 1. The van der Waals surface area contributed by atoms with Gasteiger partial charge in [-0.05, 0) is 24.8 Å². The van der Waals surface area contributed by atoms with Crippen molar-refractivity contribution in [2.45, 2.75) is 32.4 Å². The second-order valence-electron chi connectivity index (χ2n) is 4.37. The molecule has 2 N–H and O–H groups in total. The number of ether oxygens (including phenoxy) is 1. The fraction of sp³-hybridized carbons (Fsp3) is 0.692. The van der Waals surface area contributed by atoms with Crippen LogP contribution in [0.1, 0.15) is 31.2 Å². The van der Waals surface area contributed by atoms with Crippen LogP contribution in [0.15, 0.2) is 17.5 Å². The van der Waals surface area contributed by atoms with Crippen molar-refractivity contribution < 1.29 is 4.74 Å². The van der Waals surface area contributed by atoms with Crippen LogP contribution in [0.2, 0.25) is 0 Å². The molecule has 0 aliphatic carbocycles. The second kappa shape index (κ2) is 7.82. The van der Waals surface area contributed by atoms with Crippen LogP contribution in [0.3, 0.4) is 0 Å². The van der Waals surface area contributed by atoms with Crippen LogP contribution in [0.5, 0.6) is 0 Å². The van der Waals surface area contributed by atoms with Crippen LogP contribution < -0.4 is 5.73 Å². The molecule has 98 valence electrons. The molecule has 0 aliphatic heterocycles.